The fourth-order valence-electron chi connectivity index (χ4n) is 4.96. The van der Waals surface area contributed by atoms with Crippen molar-refractivity contribution < 1.29 is 4.79 Å². The van der Waals surface area contributed by atoms with Crippen LogP contribution >= 0.6 is 18.0 Å². The number of carbonyl (C=O) groups is 1. The van der Waals surface area contributed by atoms with Gasteiger partial charge in [0.05, 0.1) is 0 Å². The molecule has 5 rings (SSSR count). The van der Waals surface area contributed by atoms with Gasteiger partial charge in [-0.05, 0) is 0 Å². The first-order valence-electron chi connectivity index (χ1n) is 12.1. The standard InChI is InChI=1S/C28H32IN5O/c1-4-6-9-19(5-2)28(35)34-16-12-20(13-17-34)26-29(3)14-15-31-27(30)24(29)25(33-26)23-18-21-10-7-8-11-22(21)32-23/h5-11,14-15,18,20,32H,3-4,12-13,16-17H2,1-2H3,(H2,30,31). The molecule has 35 heavy (non-hydrogen) atoms. The van der Waals surface area contributed by atoms with Gasteiger partial charge in [0, 0.05) is 0 Å². The molecular formula is C28H32IN5O. The van der Waals surface area contributed by atoms with Crippen LogP contribution in [0.3, 0.4) is 0 Å². The molecule has 3 N–H and O–H groups in total. The van der Waals surface area contributed by atoms with Crippen molar-refractivity contribution in [2.75, 3.05) is 13.1 Å². The number of carbonyl (C=O) groups excluding carboxylic acids is 1. The number of aliphatic imine (C=N–C) groups is 2. The summed E-state index contributed by atoms with van der Waals surface area (Å²) in [5, 5.41) is 1.14. The van der Waals surface area contributed by atoms with Crippen LogP contribution in [0.5, 0.6) is 0 Å². The van der Waals surface area contributed by atoms with Crippen LogP contribution in [-0.4, -0.2) is 42.9 Å². The number of hydrogen-bond donors (Lipinski definition) is 2. The summed E-state index contributed by atoms with van der Waals surface area (Å²) in [6, 6.07) is 10.4. The molecule has 1 amide bonds. The van der Waals surface area contributed by atoms with Crippen LogP contribution in [0, 0.1) is 5.92 Å². The Morgan fingerprint density at radius 2 is 2.09 bits per heavy atom. The molecule has 1 aromatic heterocycles. The molecule has 0 spiro atoms. The summed E-state index contributed by atoms with van der Waals surface area (Å²) < 4.78 is 9.22. The van der Waals surface area contributed by atoms with E-state index in [9.17, 15) is 4.79 Å². The number of nitrogens with one attached hydrogen (secondary N) is 1. The molecule has 1 aromatic carbocycles. The number of allylic oxidation sites excluding steroid dienone is 2. The van der Waals surface area contributed by atoms with Gasteiger partial charge >= 0.3 is 211 Å². The van der Waals surface area contributed by atoms with Crippen molar-refractivity contribution in [3.8, 4) is 0 Å². The van der Waals surface area contributed by atoms with Crippen molar-refractivity contribution in [2.24, 2.45) is 21.6 Å². The zero-order valence-corrected chi connectivity index (χ0v) is 22.5. The molecule has 0 aliphatic carbocycles. The molecule has 1 saturated heterocycles. The van der Waals surface area contributed by atoms with E-state index in [-0.39, 0.29) is 5.91 Å². The van der Waals surface area contributed by atoms with Crippen molar-refractivity contribution in [3.63, 3.8) is 0 Å². The van der Waals surface area contributed by atoms with Crippen LogP contribution in [0.2, 0.25) is 0 Å². The molecule has 3 aliphatic rings. The number of rotatable bonds is 5. The summed E-state index contributed by atoms with van der Waals surface area (Å²) in [7, 11) is 0. The summed E-state index contributed by atoms with van der Waals surface area (Å²) in [4.78, 5) is 28.2. The molecule has 3 aliphatic heterocycles. The average molecular weight is 582 g/mol. The third-order valence-corrected chi connectivity index (χ3v) is 14.4. The van der Waals surface area contributed by atoms with E-state index in [0.29, 0.717) is 11.8 Å². The monoisotopic (exact) mass is 581 g/mol. The SMILES string of the molecule is C=I12C=CN=C(N)C1=C(c1cc3ccccc3[nH]1)N=C2C1CCN(C(=O)C(C=CCC)=CC)CC1. The van der Waals surface area contributed by atoms with E-state index >= 15 is 0 Å². The number of nitrogens with zero attached hydrogens (tertiary/aromatic N) is 3. The van der Waals surface area contributed by atoms with Crippen LogP contribution < -0.4 is 5.73 Å². The molecular weight excluding hydrogens is 549 g/mol. The van der Waals surface area contributed by atoms with Crippen LogP contribution in [0.1, 0.15) is 38.8 Å². The first-order valence-corrected chi connectivity index (χ1v) is 17.0. The van der Waals surface area contributed by atoms with E-state index in [4.69, 9.17) is 15.2 Å². The maximum absolute atomic E-state index is 13.0. The van der Waals surface area contributed by atoms with Crippen LogP contribution in [-0.2, 0) is 4.79 Å². The quantitative estimate of drug-likeness (QED) is 0.269. The molecule has 182 valence electrons. The van der Waals surface area contributed by atoms with Gasteiger partial charge in [-0.25, -0.2) is 0 Å². The molecule has 4 heterocycles. The summed E-state index contributed by atoms with van der Waals surface area (Å²) in [5.41, 5.74) is 10.2. The Hall–Kier alpha value is -3.07. The minimum absolute atomic E-state index is 0.112. The third-order valence-electron chi connectivity index (χ3n) is 6.81. The first kappa shape index (κ1) is 23.7. The van der Waals surface area contributed by atoms with E-state index < -0.39 is 18.0 Å². The van der Waals surface area contributed by atoms with E-state index in [2.05, 4.69) is 39.2 Å². The molecule has 2 aromatic rings. The predicted molar refractivity (Wildman–Crippen MR) is 157 cm³/mol. The van der Waals surface area contributed by atoms with Crippen molar-refractivity contribution in [2.45, 2.75) is 33.1 Å². The summed E-state index contributed by atoms with van der Waals surface area (Å²) >= 11 is -3.02. The van der Waals surface area contributed by atoms with Crippen molar-refractivity contribution >= 4 is 54.5 Å². The summed E-state index contributed by atoms with van der Waals surface area (Å²) in [6.07, 6.45) is 10.4. The van der Waals surface area contributed by atoms with E-state index in [1.165, 1.54) is 3.72 Å². The minimum atomic E-state index is -3.02. The van der Waals surface area contributed by atoms with Gasteiger partial charge in [-0.2, -0.15) is 0 Å². The van der Waals surface area contributed by atoms with Crippen LogP contribution in [0.15, 0.2) is 78.0 Å². The number of likely N-dealkylation sites (tertiary alicyclic amines) is 1. The van der Waals surface area contributed by atoms with Gasteiger partial charge in [0.15, 0.2) is 0 Å². The summed E-state index contributed by atoms with van der Waals surface area (Å²) in [6.45, 7) is 5.45. The molecule has 1 atom stereocenters. The number of halogens is 1. The summed E-state index contributed by atoms with van der Waals surface area (Å²) in [5.74, 6) is 0.945. The molecule has 1 fully saturated rings. The zero-order chi connectivity index (χ0) is 24.6. The van der Waals surface area contributed by atoms with Crippen LogP contribution in [0.4, 0.5) is 0 Å². The first-order chi connectivity index (χ1) is 17.0. The predicted octanol–water partition coefficient (Wildman–Crippen LogP) is 5.72. The fraction of sp³-hybridized carbons (Fsp3) is 0.286. The van der Waals surface area contributed by atoms with Crippen molar-refractivity contribution in [1.82, 2.24) is 9.88 Å². The number of nitrogens with two attached hydrogens (primary N) is 1. The number of para-hydroxylation sites is 1. The third kappa shape index (κ3) is 4.16. The molecule has 0 saturated carbocycles. The molecule has 0 bridgehead atoms. The second kappa shape index (κ2) is 9.53. The fourth-order valence-corrected chi connectivity index (χ4v) is 12.3. The number of amides is 1. The number of H-pyrrole nitrogens is 1. The maximum atomic E-state index is 13.0. The zero-order valence-electron chi connectivity index (χ0n) is 20.3. The molecule has 6 nitrogen and oxygen atoms in total. The topological polar surface area (TPSA) is 86.8 Å². The number of aromatic nitrogens is 1. The van der Waals surface area contributed by atoms with Crippen LogP contribution in [0.25, 0.3) is 16.6 Å². The molecule has 1 unspecified atom stereocenters. The normalized spacial score (nSPS) is 25.1. The Morgan fingerprint density at radius 3 is 2.80 bits per heavy atom. The van der Waals surface area contributed by atoms with Gasteiger partial charge in [-0.1, -0.05) is 0 Å². The Kier molecular flexibility index (Phi) is 6.44. The number of aromatic amines is 1. The Morgan fingerprint density at radius 1 is 1.31 bits per heavy atom. The van der Waals surface area contributed by atoms with Gasteiger partial charge < -0.3 is 0 Å². The molecule has 0 radical (unpaired) electrons. The number of piperidine rings is 1. The van der Waals surface area contributed by atoms with E-state index in [1.54, 1.807) is 0 Å². The average Bonchev–Trinajstić information content (AvgIpc) is 3.44. The van der Waals surface area contributed by atoms with Gasteiger partial charge in [0.25, 0.3) is 0 Å². The van der Waals surface area contributed by atoms with Gasteiger partial charge in [0.1, 0.15) is 0 Å². The Bertz CT molecular complexity index is 1380. The van der Waals surface area contributed by atoms with Gasteiger partial charge in [-0.15, -0.1) is 0 Å². The number of hydrogen-bond acceptors (Lipinski definition) is 4. The van der Waals surface area contributed by atoms with Gasteiger partial charge in [0.2, 0.25) is 0 Å². The van der Waals surface area contributed by atoms with Crippen molar-refractivity contribution in [3.05, 3.63) is 73.7 Å². The van der Waals surface area contributed by atoms with Crippen molar-refractivity contribution in [1.29, 1.82) is 0 Å². The van der Waals surface area contributed by atoms with E-state index in [0.717, 1.165) is 63.8 Å². The Labute approximate surface area is 210 Å². The second-order valence-corrected chi connectivity index (χ2v) is 16.1. The number of fused-ring (bicyclic) bond motifs is 2. The Balaban J connectivity index is 1.43. The number of benzene rings is 1. The van der Waals surface area contributed by atoms with E-state index in [1.807, 2.05) is 48.4 Å². The van der Waals surface area contributed by atoms with Gasteiger partial charge in [-0.3, -0.25) is 0 Å². The molecule has 7 heteroatoms. The number of amidine groups is 1. The second-order valence-electron chi connectivity index (χ2n) is 9.01.